The molecule has 3 heterocycles. The van der Waals surface area contributed by atoms with E-state index >= 15 is 0 Å². The van der Waals surface area contributed by atoms with Crippen LogP contribution in [0.1, 0.15) is 37.6 Å². The van der Waals surface area contributed by atoms with Crippen molar-refractivity contribution in [3.05, 3.63) is 71.1 Å². The second kappa shape index (κ2) is 11.7. The van der Waals surface area contributed by atoms with Gasteiger partial charge in [-0.3, -0.25) is 4.72 Å². The van der Waals surface area contributed by atoms with Gasteiger partial charge in [-0.15, -0.1) is 11.3 Å². The number of hydrogen-bond acceptors (Lipinski definition) is 8. The number of sulfonamides is 1. The van der Waals surface area contributed by atoms with E-state index in [0.29, 0.717) is 39.9 Å². The van der Waals surface area contributed by atoms with E-state index < -0.39 is 38.1 Å². The van der Waals surface area contributed by atoms with Crippen molar-refractivity contribution in [1.82, 2.24) is 19.9 Å². The maximum Gasteiger partial charge on any atom is 0.265 e. The Morgan fingerprint density at radius 3 is 2.46 bits per heavy atom. The van der Waals surface area contributed by atoms with Crippen LogP contribution in [0, 0.1) is 17.5 Å². The van der Waals surface area contributed by atoms with E-state index in [9.17, 15) is 21.6 Å². The van der Waals surface area contributed by atoms with Crippen LogP contribution in [0.3, 0.4) is 0 Å². The predicted molar refractivity (Wildman–Crippen MR) is 154 cm³/mol. The average Bonchev–Trinajstić information content (AvgIpc) is 3.39. The quantitative estimate of drug-likeness (QED) is 0.251. The number of nitrogens with zero attached hydrogens (tertiary/aromatic N) is 4. The summed E-state index contributed by atoms with van der Waals surface area (Å²) in [5.74, 6) is -2.41. The Labute approximate surface area is 240 Å². The van der Waals surface area contributed by atoms with E-state index in [1.165, 1.54) is 23.5 Å². The first-order valence-corrected chi connectivity index (χ1v) is 15.4. The van der Waals surface area contributed by atoms with Gasteiger partial charge in [-0.2, -0.15) is 0 Å². The molecule has 0 aliphatic carbocycles. The van der Waals surface area contributed by atoms with Crippen molar-refractivity contribution >= 4 is 33.0 Å². The van der Waals surface area contributed by atoms with Gasteiger partial charge in [0, 0.05) is 23.7 Å². The molecule has 0 spiro atoms. The molecule has 1 saturated heterocycles. The Morgan fingerprint density at radius 2 is 1.73 bits per heavy atom. The lowest BCUT2D eigenvalue weighted by Crippen LogP contribution is -2.37. The summed E-state index contributed by atoms with van der Waals surface area (Å²) in [6, 6.07) is 7.92. The topological polar surface area (TPSA) is 100 Å². The Morgan fingerprint density at radius 1 is 1.00 bits per heavy atom. The van der Waals surface area contributed by atoms with Crippen LogP contribution in [0.5, 0.6) is 0 Å². The molecule has 0 saturated carbocycles. The molecule has 1 fully saturated rings. The van der Waals surface area contributed by atoms with Gasteiger partial charge < -0.3 is 10.2 Å². The molecule has 2 aromatic heterocycles. The van der Waals surface area contributed by atoms with Gasteiger partial charge in [0.2, 0.25) is 5.95 Å². The number of benzene rings is 2. The third-order valence-corrected chi connectivity index (χ3v) is 9.50. The van der Waals surface area contributed by atoms with Crippen LogP contribution in [0.15, 0.2) is 53.6 Å². The monoisotopic (exact) mass is 602 g/mol. The summed E-state index contributed by atoms with van der Waals surface area (Å²) in [6.07, 6.45) is 3.61. The number of likely N-dealkylation sites (tertiary alicyclic amines) is 1. The highest BCUT2D eigenvalue weighted by molar-refractivity contribution is 7.92. The van der Waals surface area contributed by atoms with Gasteiger partial charge >= 0.3 is 0 Å². The minimum Gasteiger partial charge on any atom is -0.351 e. The van der Waals surface area contributed by atoms with Crippen molar-refractivity contribution < 1.29 is 21.6 Å². The largest absolute Gasteiger partial charge is 0.351 e. The smallest absolute Gasteiger partial charge is 0.265 e. The summed E-state index contributed by atoms with van der Waals surface area (Å²) >= 11 is 1.43. The first-order valence-electron chi connectivity index (χ1n) is 13.1. The molecule has 216 valence electrons. The number of hydrogen-bond donors (Lipinski definition) is 2. The zero-order valence-corrected chi connectivity index (χ0v) is 24.3. The highest BCUT2D eigenvalue weighted by Gasteiger charge is 2.24. The van der Waals surface area contributed by atoms with Gasteiger partial charge in [-0.1, -0.05) is 13.8 Å². The molecule has 41 heavy (non-hydrogen) atoms. The molecule has 0 amide bonds. The van der Waals surface area contributed by atoms with Crippen LogP contribution in [-0.2, 0) is 10.0 Å². The van der Waals surface area contributed by atoms with E-state index in [2.05, 4.69) is 27.0 Å². The van der Waals surface area contributed by atoms with Gasteiger partial charge in [-0.25, -0.2) is 36.5 Å². The molecule has 4 aromatic rings. The van der Waals surface area contributed by atoms with Crippen LogP contribution >= 0.6 is 11.3 Å². The maximum atomic E-state index is 14.8. The van der Waals surface area contributed by atoms with E-state index in [4.69, 9.17) is 9.97 Å². The van der Waals surface area contributed by atoms with Crippen molar-refractivity contribution in [2.24, 2.45) is 0 Å². The molecule has 0 atom stereocenters. The molecule has 0 bridgehead atoms. The Bertz CT molecular complexity index is 1670. The molecule has 0 unspecified atom stereocenters. The fourth-order valence-electron chi connectivity index (χ4n) is 4.48. The summed E-state index contributed by atoms with van der Waals surface area (Å²) in [5.41, 5.74) is 1.09. The zero-order chi connectivity index (χ0) is 29.3. The van der Waals surface area contributed by atoms with Crippen molar-refractivity contribution in [3.63, 3.8) is 0 Å². The first kappa shape index (κ1) is 29.0. The van der Waals surface area contributed by atoms with Crippen LogP contribution in [0.25, 0.3) is 21.8 Å². The van der Waals surface area contributed by atoms with E-state index in [1.807, 2.05) is 13.8 Å². The van der Waals surface area contributed by atoms with Crippen LogP contribution < -0.4 is 10.0 Å². The molecule has 5 rings (SSSR count). The lowest BCUT2D eigenvalue weighted by Gasteiger charge is -2.29. The molecule has 2 N–H and O–H groups in total. The number of piperidine rings is 1. The minimum atomic E-state index is -4.64. The fraction of sp³-hybridized carbons (Fsp3) is 0.321. The number of anilines is 2. The second-order valence-corrected chi connectivity index (χ2v) is 12.9. The Hall–Kier alpha value is -3.55. The summed E-state index contributed by atoms with van der Waals surface area (Å²) in [7, 11) is -2.54. The molecule has 1 aliphatic rings. The molecule has 8 nitrogen and oxygen atoms in total. The number of thiazole rings is 1. The van der Waals surface area contributed by atoms with Gasteiger partial charge in [0.1, 0.15) is 22.3 Å². The number of halogens is 3. The lowest BCUT2D eigenvalue weighted by molar-refractivity contribution is 0.263. The number of nitrogens with one attached hydrogen (secondary N) is 2. The SMILES string of the molecule is CC(C)c1nc(-c2ccc(F)c(NS(=O)(=O)c3cc(F)ccc3F)c2)c(-c2ccnc(NC3CCN(C)CC3)n2)s1. The Balaban J connectivity index is 1.50. The van der Waals surface area contributed by atoms with E-state index in [0.717, 1.165) is 43.1 Å². The zero-order valence-electron chi connectivity index (χ0n) is 22.7. The van der Waals surface area contributed by atoms with Gasteiger partial charge in [-0.05, 0) is 75.4 Å². The van der Waals surface area contributed by atoms with Crippen molar-refractivity contribution in [2.45, 2.75) is 43.5 Å². The molecule has 13 heteroatoms. The normalized spacial score (nSPS) is 14.9. The van der Waals surface area contributed by atoms with Crippen molar-refractivity contribution in [3.8, 4) is 21.8 Å². The molecule has 0 radical (unpaired) electrons. The summed E-state index contributed by atoms with van der Waals surface area (Å²) in [4.78, 5) is 16.0. The minimum absolute atomic E-state index is 0.0838. The highest BCUT2D eigenvalue weighted by Crippen LogP contribution is 2.40. The summed E-state index contributed by atoms with van der Waals surface area (Å²) < 4.78 is 70.5. The molecule has 2 aromatic carbocycles. The second-order valence-electron chi connectivity index (χ2n) is 10.2. The summed E-state index contributed by atoms with van der Waals surface area (Å²) in [6.45, 7) is 5.96. The molecule has 1 aliphatic heterocycles. The third-order valence-electron chi connectivity index (χ3n) is 6.74. The van der Waals surface area contributed by atoms with Gasteiger partial charge in [0.05, 0.1) is 27.0 Å². The van der Waals surface area contributed by atoms with E-state index in [1.54, 1.807) is 12.3 Å². The highest BCUT2D eigenvalue weighted by atomic mass is 32.2. The molecular formula is C28H29F3N6O2S2. The predicted octanol–water partition coefficient (Wildman–Crippen LogP) is 6.11. The van der Waals surface area contributed by atoms with Gasteiger partial charge in [0.25, 0.3) is 10.0 Å². The fourth-order valence-corrected chi connectivity index (χ4v) is 6.69. The van der Waals surface area contributed by atoms with Crippen LogP contribution in [0.4, 0.5) is 24.8 Å². The standard InChI is InChI=1S/C28H29F3N6O2S2/c1-16(2)27-35-25(26(40-27)22-8-11-32-28(34-22)33-19-9-12-37(3)13-10-19)17-4-6-20(30)23(14-17)36-41(38,39)24-15-18(29)5-7-21(24)31/h4-8,11,14-16,19,36H,9-10,12-13H2,1-3H3,(H,32,33,34). The van der Waals surface area contributed by atoms with E-state index in [-0.39, 0.29) is 12.0 Å². The Kier molecular flexibility index (Phi) is 8.30. The lowest BCUT2D eigenvalue weighted by atomic mass is 10.1. The van der Waals surface area contributed by atoms with Crippen LogP contribution in [0.2, 0.25) is 0 Å². The average molecular weight is 603 g/mol. The number of rotatable bonds is 8. The first-order chi connectivity index (χ1) is 19.5. The number of aromatic nitrogens is 3. The third kappa shape index (κ3) is 6.52. The maximum absolute atomic E-state index is 14.8. The van der Waals surface area contributed by atoms with Crippen molar-refractivity contribution in [1.29, 1.82) is 0 Å². The van der Waals surface area contributed by atoms with Crippen molar-refractivity contribution in [2.75, 3.05) is 30.2 Å². The van der Waals surface area contributed by atoms with Gasteiger partial charge in [0.15, 0.2) is 0 Å². The van der Waals surface area contributed by atoms with Crippen LogP contribution in [-0.4, -0.2) is 54.4 Å². The molecular weight excluding hydrogens is 573 g/mol. The summed E-state index contributed by atoms with van der Waals surface area (Å²) in [5, 5.41) is 4.23.